The SMILES string of the molecule is [Si]c1cc(I)ccc1Br. The molecule has 45 valence electrons. The van der Waals surface area contributed by atoms with Crippen molar-refractivity contribution in [3.63, 3.8) is 0 Å². The van der Waals surface area contributed by atoms with Crippen molar-refractivity contribution in [3.8, 4) is 0 Å². The Labute approximate surface area is 79.7 Å². The van der Waals surface area contributed by atoms with E-state index in [1.807, 2.05) is 12.1 Å². The van der Waals surface area contributed by atoms with Crippen LogP contribution in [0.15, 0.2) is 22.7 Å². The van der Waals surface area contributed by atoms with Gasteiger partial charge in [-0.05, 0) is 40.8 Å². The number of halogens is 2. The summed E-state index contributed by atoms with van der Waals surface area (Å²) in [5, 5.41) is 1.10. The molecule has 1 aromatic carbocycles. The van der Waals surface area contributed by atoms with Gasteiger partial charge >= 0.3 is 0 Å². The van der Waals surface area contributed by atoms with E-state index in [-0.39, 0.29) is 0 Å². The molecule has 9 heavy (non-hydrogen) atoms. The van der Waals surface area contributed by atoms with Gasteiger partial charge in [-0.25, -0.2) is 0 Å². The van der Waals surface area contributed by atoms with Gasteiger partial charge in [0, 0.05) is 8.04 Å². The molecule has 0 unspecified atom stereocenters. The Morgan fingerprint density at radius 2 is 2.11 bits per heavy atom. The molecule has 0 bridgehead atoms. The molecule has 3 heteroatoms. The lowest BCUT2D eigenvalue weighted by Gasteiger charge is -1.95. The summed E-state index contributed by atoms with van der Waals surface area (Å²) in [4.78, 5) is 0. The zero-order chi connectivity index (χ0) is 6.85. The van der Waals surface area contributed by atoms with Gasteiger partial charge in [-0.3, -0.25) is 0 Å². The van der Waals surface area contributed by atoms with Crippen LogP contribution in [0.4, 0.5) is 0 Å². The lowest BCUT2D eigenvalue weighted by molar-refractivity contribution is 1.66. The van der Waals surface area contributed by atoms with Crippen LogP contribution in [0, 0.1) is 3.57 Å². The summed E-state index contributed by atoms with van der Waals surface area (Å²) in [6.07, 6.45) is 0. The first-order valence-electron chi connectivity index (χ1n) is 2.37. The summed E-state index contributed by atoms with van der Waals surface area (Å²) in [6.45, 7) is 0. The van der Waals surface area contributed by atoms with E-state index >= 15 is 0 Å². The van der Waals surface area contributed by atoms with Gasteiger partial charge in [-0.1, -0.05) is 21.1 Å². The Morgan fingerprint density at radius 1 is 1.44 bits per heavy atom. The zero-order valence-corrected chi connectivity index (χ0v) is 9.23. The molecule has 0 atom stereocenters. The van der Waals surface area contributed by atoms with Crippen molar-refractivity contribution in [2.75, 3.05) is 0 Å². The lowest BCUT2D eigenvalue weighted by atomic mass is 10.4. The number of hydrogen-bond acceptors (Lipinski definition) is 0. The standard InChI is InChI=1S/C6H3BrISi/c7-5-2-1-4(8)3-6(5)9/h1-3H. The minimum atomic E-state index is 1.10. The average molecular weight is 310 g/mol. The third kappa shape index (κ3) is 2.05. The third-order valence-corrected chi connectivity index (χ3v) is 3.07. The van der Waals surface area contributed by atoms with E-state index in [9.17, 15) is 0 Å². The predicted octanol–water partition coefficient (Wildman–Crippen LogP) is 1.85. The molecule has 0 nitrogen and oxygen atoms in total. The largest absolute Gasteiger partial charge is 0.0728 e. The number of hydrogen-bond donors (Lipinski definition) is 0. The first-order valence-corrected chi connectivity index (χ1v) is 4.74. The van der Waals surface area contributed by atoms with Gasteiger partial charge in [0.2, 0.25) is 0 Å². The highest BCUT2D eigenvalue weighted by Gasteiger charge is 1.91. The molecule has 0 amide bonds. The first-order chi connectivity index (χ1) is 4.20. The van der Waals surface area contributed by atoms with Gasteiger partial charge in [0.15, 0.2) is 0 Å². The van der Waals surface area contributed by atoms with E-state index in [0.29, 0.717) is 0 Å². The minimum absolute atomic E-state index is 1.10. The predicted molar refractivity (Wildman–Crippen MR) is 52.2 cm³/mol. The molecule has 0 spiro atoms. The highest BCUT2D eigenvalue weighted by Crippen LogP contribution is 2.08. The molecule has 0 aliphatic heterocycles. The maximum Gasteiger partial charge on any atom is 0.0728 e. The Kier molecular flexibility index (Phi) is 2.72. The normalized spacial score (nSPS) is 9.67. The van der Waals surface area contributed by atoms with E-state index in [1.165, 1.54) is 3.57 Å². The fourth-order valence-electron chi connectivity index (χ4n) is 0.497. The van der Waals surface area contributed by atoms with Crippen molar-refractivity contribution < 1.29 is 0 Å². The van der Waals surface area contributed by atoms with Crippen molar-refractivity contribution in [3.05, 3.63) is 26.2 Å². The molecule has 0 N–H and O–H groups in total. The van der Waals surface area contributed by atoms with Crippen molar-refractivity contribution in [2.45, 2.75) is 0 Å². The summed E-state index contributed by atoms with van der Waals surface area (Å²) in [5.74, 6) is 0. The number of rotatable bonds is 0. The monoisotopic (exact) mass is 309 g/mol. The van der Waals surface area contributed by atoms with E-state index in [4.69, 9.17) is 0 Å². The summed E-state index contributed by atoms with van der Waals surface area (Å²) >= 11 is 5.65. The van der Waals surface area contributed by atoms with Crippen molar-refractivity contribution in [1.82, 2.24) is 0 Å². The van der Waals surface area contributed by atoms with Crippen LogP contribution >= 0.6 is 38.5 Å². The van der Waals surface area contributed by atoms with Crippen LogP contribution in [-0.4, -0.2) is 10.2 Å². The average Bonchev–Trinajstić information content (AvgIpc) is 1.80. The fraction of sp³-hybridized carbons (Fsp3) is 0. The molecule has 0 saturated carbocycles. The smallest absolute Gasteiger partial charge is 0.0524 e. The van der Waals surface area contributed by atoms with Crippen LogP contribution in [0.2, 0.25) is 0 Å². The maximum absolute atomic E-state index is 3.44. The molecule has 3 radical (unpaired) electrons. The van der Waals surface area contributed by atoms with Gasteiger partial charge in [0.1, 0.15) is 0 Å². The lowest BCUT2D eigenvalue weighted by Crippen LogP contribution is -2.03. The number of benzene rings is 1. The molecule has 0 heterocycles. The van der Waals surface area contributed by atoms with Crippen LogP contribution in [0.5, 0.6) is 0 Å². The summed E-state index contributed by atoms with van der Waals surface area (Å²) in [5.41, 5.74) is 0. The molecule has 0 aliphatic carbocycles. The van der Waals surface area contributed by atoms with Gasteiger partial charge in [0.05, 0.1) is 10.2 Å². The topological polar surface area (TPSA) is 0 Å². The second-order valence-electron chi connectivity index (χ2n) is 1.62. The van der Waals surface area contributed by atoms with Crippen molar-refractivity contribution in [1.29, 1.82) is 0 Å². The third-order valence-electron chi connectivity index (χ3n) is 0.928. The second kappa shape index (κ2) is 3.16. The summed E-state index contributed by atoms with van der Waals surface area (Å²) in [7, 11) is 3.44. The molecule has 0 fully saturated rings. The van der Waals surface area contributed by atoms with Crippen LogP contribution in [0.25, 0.3) is 0 Å². The summed E-state index contributed by atoms with van der Waals surface area (Å²) in [6, 6.07) is 6.12. The van der Waals surface area contributed by atoms with Crippen LogP contribution in [0.1, 0.15) is 0 Å². The molecule has 1 aromatic rings. The highest BCUT2D eigenvalue weighted by molar-refractivity contribution is 14.1. The van der Waals surface area contributed by atoms with Gasteiger partial charge in [-0.15, -0.1) is 0 Å². The summed E-state index contributed by atoms with van der Waals surface area (Å²) < 4.78 is 2.33. The highest BCUT2D eigenvalue weighted by atomic mass is 127. The van der Waals surface area contributed by atoms with Crippen LogP contribution in [0.3, 0.4) is 0 Å². The van der Waals surface area contributed by atoms with Crippen LogP contribution in [-0.2, 0) is 0 Å². The van der Waals surface area contributed by atoms with E-state index in [0.717, 1.165) is 9.66 Å². The van der Waals surface area contributed by atoms with Gasteiger partial charge in [0.25, 0.3) is 0 Å². The van der Waals surface area contributed by atoms with E-state index < -0.39 is 0 Å². The Bertz CT molecular complexity index is 224. The van der Waals surface area contributed by atoms with Crippen LogP contribution < -0.4 is 5.19 Å². The molecule has 0 aliphatic rings. The molecular weight excluding hydrogens is 307 g/mol. The molecular formula is C6H3BrISi. The fourth-order valence-corrected chi connectivity index (χ4v) is 1.77. The van der Waals surface area contributed by atoms with Gasteiger partial charge < -0.3 is 0 Å². The molecule has 0 saturated heterocycles. The first kappa shape index (κ1) is 7.75. The Balaban J connectivity index is 3.17. The van der Waals surface area contributed by atoms with Gasteiger partial charge in [-0.2, -0.15) is 0 Å². The molecule has 0 aromatic heterocycles. The van der Waals surface area contributed by atoms with Crippen molar-refractivity contribution >= 4 is 54.0 Å². The maximum atomic E-state index is 3.44. The Hall–Kier alpha value is 0.647. The zero-order valence-electron chi connectivity index (χ0n) is 4.49. The minimum Gasteiger partial charge on any atom is -0.0524 e. The quantitative estimate of drug-likeness (QED) is 0.507. The molecule has 1 rings (SSSR count). The second-order valence-corrected chi connectivity index (χ2v) is 4.26. The Morgan fingerprint density at radius 3 is 2.56 bits per heavy atom. The van der Waals surface area contributed by atoms with Crippen molar-refractivity contribution in [2.24, 2.45) is 0 Å². The van der Waals surface area contributed by atoms with E-state index in [2.05, 4.69) is 54.8 Å². The van der Waals surface area contributed by atoms with E-state index in [1.54, 1.807) is 0 Å².